The average molecular weight is 302 g/mol. The van der Waals surface area contributed by atoms with Crippen molar-refractivity contribution < 1.29 is 0 Å². The summed E-state index contributed by atoms with van der Waals surface area (Å²) in [7, 11) is 0. The van der Waals surface area contributed by atoms with E-state index in [1.165, 1.54) is 22.3 Å². The number of benzene rings is 2. The van der Waals surface area contributed by atoms with Crippen molar-refractivity contribution in [3.63, 3.8) is 0 Å². The van der Waals surface area contributed by atoms with Gasteiger partial charge in [-0.1, -0.05) is 60.5 Å². The van der Waals surface area contributed by atoms with Gasteiger partial charge in [-0.25, -0.2) is 0 Å². The Kier molecular flexibility index (Phi) is 5.84. The molecule has 0 saturated carbocycles. The first-order valence-electron chi connectivity index (χ1n) is 7.65. The highest BCUT2D eigenvalue weighted by molar-refractivity contribution is 6.31. The van der Waals surface area contributed by atoms with Gasteiger partial charge in [-0.2, -0.15) is 0 Å². The summed E-state index contributed by atoms with van der Waals surface area (Å²) in [6.45, 7) is 7.44. The van der Waals surface area contributed by atoms with Gasteiger partial charge < -0.3 is 5.32 Å². The molecule has 2 heteroatoms. The van der Waals surface area contributed by atoms with Crippen LogP contribution >= 0.6 is 11.6 Å². The number of halogens is 1. The van der Waals surface area contributed by atoms with Gasteiger partial charge in [0.25, 0.3) is 0 Å². The molecule has 0 heterocycles. The van der Waals surface area contributed by atoms with Crippen molar-refractivity contribution in [2.24, 2.45) is 0 Å². The maximum absolute atomic E-state index is 6.29. The molecule has 0 aliphatic carbocycles. The summed E-state index contributed by atoms with van der Waals surface area (Å²) in [5.41, 5.74) is 5.14. The molecule has 21 heavy (non-hydrogen) atoms. The average Bonchev–Trinajstić information content (AvgIpc) is 2.48. The van der Waals surface area contributed by atoms with Crippen LogP contribution in [0.3, 0.4) is 0 Å². The Morgan fingerprint density at radius 2 is 1.76 bits per heavy atom. The van der Waals surface area contributed by atoms with Crippen LogP contribution < -0.4 is 5.32 Å². The molecule has 0 radical (unpaired) electrons. The molecule has 0 spiro atoms. The minimum Gasteiger partial charge on any atom is -0.310 e. The highest BCUT2D eigenvalue weighted by Gasteiger charge is 2.15. The molecule has 0 aromatic heterocycles. The first kappa shape index (κ1) is 16.1. The van der Waals surface area contributed by atoms with Crippen LogP contribution in [0.25, 0.3) is 0 Å². The minimum atomic E-state index is 0.311. The largest absolute Gasteiger partial charge is 0.310 e. The van der Waals surface area contributed by atoms with Crippen molar-refractivity contribution in [2.45, 2.75) is 39.7 Å². The number of hydrogen-bond acceptors (Lipinski definition) is 1. The van der Waals surface area contributed by atoms with Crippen LogP contribution in [0.1, 0.15) is 41.6 Å². The molecule has 112 valence electrons. The Morgan fingerprint density at radius 3 is 2.43 bits per heavy atom. The molecule has 2 aromatic carbocycles. The van der Waals surface area contributed by atoms with E-state index >= 15 is 0 Å². The summed E-state index contributed by atoms with van der Waals surface area (Å²) in [6.07, 6.45) is 2.12. The van der Waals surface area contributed by atoms with Gasteiger partial charge in [0.15, 0.2) is 0 Å². The van der Waals surface area contributed by atoms with Gasteiger partial charge in [-0.3, -0.25) is 0 Å². The van der Waals surface area contributed by atoms with Crippen LogP contribution in [0.15, 0.2) is 42.5 Å². The number of aryl methyl sites for hydroxylation is 1. The SMILES string of the molecule is CCCNC(Cc1ccc(C)cc1)c1cccc(Cl)c1C. The van der Waals surface area contributed by atoms with Gasteiger partial charge in [0, 0.05) is 11.1 Å². The highest BCUT2D eigenvalue weighted by atomic mass is 35.5. The fraction of sp³-hybridized carbons (Fsp3) is 0.368. The predicted molar refractivity (Wildman–Crippen MR) is 92.1 cm³/mol. The summed E-state index contributed by atoms with van der Waals surface area (Å²) in [6, 6.07) is 15.3. The van der Waals surface area contributed by atoms with Crippen molar-refractivity contribution in [2.75, 3.05) is 6.54 Å². The van der Waals surface area contributed by atoms with Gasteiger partial charge in [-0.05, 0) is 56.0 Å². The van der Waals surface area contributed by atoms with E-state index in [0.29, 0.717) is 6.04 Å². The van der Waals surface area contributed by atoms with Crippen LogP contribution in [0.4, 0.5) is 0 Å². The lowest BCUT2D eigenvalue weighted by atomic mass is 9.95. The van der Waals surface area contributed by atoms with E-state index in [2.05, 4.69) is 56.4 Å². The van der Waals surface area contributed by atoms with E-state index in [-0.39, 0.29) is 0 Å². The van der Waals surface area contributed by atoms with Gasteiger partial charge in [0.1, 0.15) is 0 Å². The van der Waals surface area contributed by atoms with Gasteiger partial charge >= 0.3 is 0 Å². The Morgan fingerprint density at radius 1 is 1.05 bits per heavy atom. The maximum atomic E-state index is 6.29. The molecule has 0 saturated heterocycles. The van der Waals surface area contributed by atoms with Crippen molar-refractivity contribution in [3.8, 4) is 0 Å². The molecule has 2 rings (SSSR count). The third-order valence-corrected chi connectivity index (χ3v) is 4.30. The third kappa shape index (κ3) is 4.33. The van der Waals surface area contributed by atoms with Crippen molar-refractivity contribution in [3.05, 3.63) is 69.7 Å². The lowest BCUT2D eigenvalue weighted by Crippen LogP contribution is -2.24. The quantitative estimate of drug-likeness (QED) is 0.769. The molecular weight excluding hydrogens is 278 g/mol. The highest BCUT2D eigenvalue weighted by Crippen LogP contribution is 2.26. The summed E-state index contributed by atoms with van der Waals surface area (Å²) in [5.74, 6) is 0. The van der Waals surface area contributed by atoms with Crippen molar-refractivity contribution in [1.29, 1.82) is 0 Å². The summed E-state index contributed by atoms with van der Waals surface area (Å²) in [5, 5.41) is 4.51. The van der Waals surface area contributed by atoms with Gasteiger partial charge in [0.05, 0.1) is 0 Å². The van der Waals surface area contributed by atoms with Crippen molar-refractivity contribution in [1.82, 2.24) is 5.32 Å². The van der Waals surface area contributed by atoms with E-state index < -0.39 is 0 Å². The van der Waals surface area contributed by atoms with Crippen LogP contribution in [-0.2, 0) is 6.42 Å². The first-order chi connectivity index (χ1) is 10.1. The Balaban J connectivity index is 2.25. The summed E-state index contributed by atoms with van der Waals surface area (Å²) < 4.78 is 0. The number of rotatable bonds is 6. The number of hydrogen-bond donors (Lipinski definition) is 1. The molecule has 1 unspecified atom stereocenters. The molecule has 0 aliphatic rings. The molecular formula is C19H24ClN. The second-order valence-corrected chi connectivity index (χ2v) is 6.06. The van der Waals surface area contributed by atoms with Crippen molar-refractivity contribution >= 4 is 11.6 Å². The second-order valence-electron chi connectivity index (χ2n) is 5.65. The zero-order valence-electron chi connectivity index (χ0n) is 13.1. The molecule has 0 aliphatic heterocycles. The van der Waals surface area contributed by atoms with Crippen LogP contribution in [0.5, 0.6) is 0 Å². The van der Waals surface area contributed by atoms with E-state index in [4.69, 9.17) is 11.6 Å². The van der Waals surface area contributed by atoms with E-state index in [0.717, 1.165) is 24.4 Å². The van der Waals surface area contributed by atoms with E-state index in [1.807, 2.05) is 12.1 Å². The zero-order chi connectivity index (χ0) is 15.2. The molecule has 0 bridgehead atoms. The summed E-state index contributed by atoms with van der Waals surface area (Å²) >= 11 is 6.29. The van der Waals surface area contributed by atoms with Crippen LogP contribution in [0.2, 0.25) is 5.02 Å². The molecule has 0 fully saturated rings. The topological polar surface area (TPSA) is 12.0 Å². The standard InChI is InChI=1S/C19H24ClN/c1-4-12-21-19(13-16-10-8-14(2)9-11-16)17-6-5-7-18(20)15(17)3/h5-11,19,21H,4,12-13H2,1-3H3. The van der Waals surface area contributed by atoms with Crippen LogP contribution in [-0.4, -0.2) is 6.54 Å². The first-order valence-corrected chi connectivity index (χ1v) is 8.03. The minimum absolute atomic E-state index is 0.311. The fourth-order valence-electron chi connectivity index (χ4n) is 2.57. The smallest absolute Gasteiger partial charge is 0.0438 e. The van der Waals surface area contributed by atoms with Gasteiger partial charge in [0.2, 0.25) is 0 Å². The van der Waals surface area contributed by atoms with E-state index in [1.54, 1.807) is 0 Å². The Hall–Kier alpha value is -1.31. The normalized spacial score (nSPS) is 12.4. The zero-order valence-corrected chi connectivity index (χ0v) is 13.9. The summed E-state index contributed by atoms with van der Waals surface area (Å²) in [4.78, 5) is 0. The Bertz CT molecular complexity index is 575. The third-order valence-electron chi connectivity index (χ3n) is 3.89. The van der Waals surface area contributed by atoms with E-state index in [9.17, 15) is 0 Å². The lowest BCUT2D eigenvalue weighted by Gasteiger charge is -2.22. The van der Waals surface area contributed by atoms with Crippen LogP contribution in [0, 0.1) is 13.8 Å². The lowest BCUT2D eigenvalue weighted by molar-refractivity contribution is 0.527. The monoisotopic (exact) mass is 301 g/mol. The van der Waals surface area contributed by atoms with Gasteiger partial charge in [-0.15, -0.1) is 0 Å². The Labute approximate surface area is 133 Å². The molecule has 1 N–H and O–H groups in total. The molecule has 1 nitrogen and oxygen atoms in total. The number of nitrogens with one attached hydrogen (secondary N) is 1. The maximum Gasteiger partial charge on any atom is 0.0438 e. The molecule has 1 atom stereocenters. The second kappa shape index (κ2) is 7.63. The predicted octanol–water partition coefficient (Wildman–Crippen LogP) is 5.24. The fourth-order valence-corrected chi connectivity index (χ4v) is 2.75. The molecule has 2 aromatic rings. The molecule has 0 amide bonds.